The fourth-order valence-electron chi connectivity index (χ4n) is 3.65. The fourth-order valence-corrected chi connectivity index (χ4v) is 5.34. The molecule has 1 aromatic heterocycles. The molecule has 0 aliphatic carbocycles. The van der Waals surface area contributed by atoms with Crippen molar-refractivity contribution >= 4 is 44.3 Å². The van der Waals surface area contributed by atoms with Crippen LogP contribution in [-0.2, 0) is 26.0 Å². The number of hydrogen-bond donors (Lipinski definition) is 1. The van der Waals surface area contributed by atoms with Gasteiger partial charge in [-0.3, -0.25) is 14.9 Å². The average Bonchev–Trinajstić information content (AvgIpc) is 3.20. The van der Waals surface area contributed by atoms with Gasteiger partial charge in [-0.2, -0.15) is 5.10 Å². The molecule has 1 fully saturated rings. The average molecular weight is 403 g/mol. The van der Waals surface area contributed by atoms with E-state index in [9.17, 15) is 18.0 Å². The van der Waals surface area contributed by atoms with Crippen molar-refractivity contribution in [1.82, 2.24) is 14.6 Å². The van der Waals surface area contributed by atoms with Crippen LogP contribution in [0.3, 0.4) is 0 Å². The minimum absolute atomic E-state index is 0.0407. The van der Waals surface area contributed by atoms with Crippen LogP contribution in [0.5, 0.6) is 0 Å². The number of imidazole rings is 1. The van der Waals surface area contributed by atoms with Gasteiger partial charge in [-0.1, -0.05) is 12.1 Å². The number of nitrogens with one attached hydrogen (secondary N) is 1. The minimum Gasteiger partial charge on any atom is -0.310 e. The fraction of sp³-hybridized carbons (Fsp3) is 0.444. The molecule has 0 bridgehead atoms. The second-order valence-corrected chi connectivity index (χ2v) is 9.19. The Balaban J connectivity index is 1.58. The number of para-hydroxylation sites is 2. The number of rotatable bonds is 4. The Bertz CT molecular complexity index is 1090. The van der Waals surface area contributed by atoms with Gasteiger partial charge in [-0.05, 0) is 25.5 Å². The SMILES string of the molecule is CCn1c(NC(=O)C2=NN([C@H]3CCS(=O)(=O)C3)C(=O)CC2)nc2ccccc21. The summed E-state index contributed by atoms with van der Waals surface area (Å²) >= 11 is 0. The summed E-state index contributed by atoms with van der Waals surface area (Å²) in [7, 11) is -3.16. The molecular weight excluding hydrogens is 382 g/mol. The third-order valence-electron chi connectivity index (χ3n) is 5.07. The Labute approximate surface area is 162 Å². The van der Waals surface area contributed by atoms with Crippen LogP contribution in [0.1, 0.15) is 26.2 Å². The molecule has 10 heteroatoms. The van der Waals surface area contributed by atoms with E-state index in [2.05, 4.69) is 15.4 Å². The third kappa shape index (κ3) is 3.39. The molecule has 148 valence electrons. The van der Waals surface area contributed by atoms with Crippen LogP contribution in [0.2, 0.25) is 0 Å². The Morgan fingerprint density at radius 2 is 2.07 bits per heavy atom. The highest BCUT2D eigenvalue weighted by molar-refractivity contribution is 7.91. The molecule has 9 nitrogen and oxygen atoms in total. The molecule has 1 atom stereocenters. The molecule has 2 aliphatic heterocycles. The minimum atomic E-state index is -3.16. The third-order valence-corrected chi connectivity index (χ3v) is 6.82. The summed E-state index contributed by atoms with van der Waals surface area (Å²) < 4.78 is 25.3. The predicted molar refractivity (Wildman–Crippen MR) is 105 cm³/mol. The Morgan fingerprint density at radius 3 is 2.79 bits per heavy atom. The molecule has 4 rings (SSSR count). The van der Waals surface area contributed by atoms with E-state index in [1.807, 2.05) is 35.8 Å². The van der Waals surface area contributed by atoms with Crippen molar-refractivity contribution in [2.45, 2.75) is 38.8 Å². The maximum absolute atomic E-state index is 12.8. The molecule has 3 heterocycles. The summed E-state index contributed by atoms with van der Waals surface area (Å²) in [5.74, 6) is -0.326. The molecule has 28 heavy (non-hydrogen) atoms. The van der Waals surface area contributed by atoms with E-state index in [-0.39, 0.29) is 36.0 Å². The van der Waals surface area contributed by atoms with Gasteiger partial charge in [0.25, 0.3) is 5.91 Å². The van der Waals surface area contributed by atoms with Crippen molar-refractivity contribution in [2.75, 3.05) is 16.8 Å². The van der Waals surface area contributed by atoms with Gasteiger partial charge in [-0.15, -0.1) is 0 Å². The number of benzene rings is 1. The zero-order valence-electron chi connectivity index (χ0n) is 15.5. The van der Waals surface area contributed by atoms with Crippen LogP contribution in [0.4, 0.5) is 5.95 Å². The number of carbonyl (C=O) groups excluding carboxylic acids is 2. The summed E-state index contributed by atoms with van der Waals surface area (Å²) in [5.41, 5.74) is 1.90. The van der Waals surface area contributed by atoms with Gasteiger partial charge in [0.2, 0.25) is 11.9 Å². The van der Waals surface area contributed by atoms with E-state index in [0.29, 0.717) is 18.9 Å². The monoisotopic (exact) mass is 403 g/mol. The summed E-state index contributed by atoms with van der Waals surface area (Å²) in [4.78, 5) is 29.4. The molecule has 0 unspecified atom stereocenters. The molecule has 2 amide bonds. The Hall–Kier alpha value is -2.75. The molecule has 0 radical (unpaired) electrons. The van der Waals surface area contributed by atoms with Crippen molar-refractivity contribution in [3.05, 3.63) is 24.3 Å². The van der Waals surface area contributed by atoms with Gasteiger partial charge in [0.15, 0.2) is 9.84 Å². The molecule has 0 saturated carbocycles. The van der Waals surface area contributed by atoms with Crippen LogP contribution in [-0.4, -0.2) is 58.1 Å². The van der Waals surface area contributed by atoms with Crippen LogP contribution in [0, 0.1) is 0 Å². The molecule has 2 aromatic rings. The van der Waals surface area contributed by atoms with Crippen LogP contribution < -0.4 is 5.32 Å². The van der Waals surface area contributed by atoms with Gasteiger partial charge in [0, 0.05) is 19.4 Å². The number of sulfone groups is 1. The maximum atomic E-state index is 12.8. The van der Waals surface area contributed by atoms with Gasteiger partial charge in [0.05, 0.1) is 28.6 Å². The summed E-state index contributed by atoms with van der Waals surface area (Å²) in [6, 6.07) is 7.09. The largest absolute Gasteiger partial charge is 0.310 e. The highest BCUT2D eigenvalue weighted by Crippen LogP contribution is 2.23. The Kier molecular flexibility index (Phi) is 4.66. The van der Waals surface area contributed by atoms with Crippen molar-refractivity contribution in [1.29, 1.82) is 0 Å². The number of amides is 2. The maximum Gasteiger partial charge on any atom is 0.274 e. The smallest absolute Gasteiger partial charge is 0.274 e. The quantitative estimate of drug-likeness (QED) is 0.823. The lowest BCUT2D eigenvalue weighted by molar-refractivity contribution is -0.133. The number of fused-ring (bicyclic) bond motifs is 1. The summed E-state index contributed by atoms with van der Waals surface area (Å²) in [6.07, 6.45) is 0.693. The second-order valence-electron chi connectivity index (χ2n) is 6.96. The zero-order valence-corrected chi connectivity index (χ0v) is 16.3. The molecule has 1 saturated heterocycles. The topological polar surface area (TPSA) is 114 Å². The van der Waals surface area contributed by atoms with Gasteiger partial charge < -0.3 is 4.57 Å². The van der Waals surface area contributed by atoms with E-state index in [4.69, 9.17) is 0 Å². The van der Waals surface area contributed by atoms with Crippen LogP contribution in [0.25, 0.3) is 11.0 Å². The first-order valence-electron chi connectivity index (χ1n) is 9.24. The first-order chi connectivity index (χ1) is 13.4. The van der Waals surface area contributed by atoms with Gasteiger partial charge in [0.1, 0.15) is 5.71 Å². The number of carbonyl (C=O) groups is 2. The van der Waals surface area contributed by atoms with Crippen molar-refractivity contribution in [3.63, 3.8) is 0 Å². The van der Waals surface area contributed by atoms with E-state index in [1.54, 1.807) is 0 Å². The summed E-state index contributed by atoms with van der Waals surface area (Å²) in [5, 5.41) is 8.18. The Morgan fingerprint density at radius 1 is 1.29 bits per heavy atom. The first-order valence-corrected chi connectivity index (χ1v) is 11.1. The van der Waals surface area contributed by atoms with Crippen molar-refractivity contribution < 1.29 is 18.0 Å². The second kappa shape index (κ2) is 7.01. The lowest BCUT2D eigenvalue weighted by Gasteiger charge is -2.27. The van der Waals surface area contributed by atoms with Crippen LogP contribution in [0.15, 0.2) is 29.4 Å². The number of hydrogen-bond acceptors (Lipinski definition) is 6. The molecular formula is C18H21N5O4S. The normalized spacial score (nSPS) is 21.8. The summed E-state index contributed by atoms with van der Waals surface area (Å²) in [6.45, 7) is 2.59. The highest BCUT2D eigenvalue weighted by atomic mass is 32.2. The lowest BCUT2D eigenvalue weighted by Crippen LogP contribution is -2.42. The van der Waals surface area contributed by atoms with E-state index in [0.717, 1.165) is 11.0 Å². The lowest BCUT2D eigenvalue weighted by atomic mass is 10.1. The highest BCUT2D eigenvalue weighted by Gasteiger charge is 2.37. The first kappa shape index (κ1) is 18.6. The number of hydrazone groups is 1. The van der Waals surface area contributed by atoms with E-state index < -0.39 is 21.8 Å². The van der Waals surface area contributed by atoms with Crippen molar-refractivity contribution in [3.8, 4) is 0 Å². The molecule has 1 N–H and O–H groups in total. The standard InChI is InChI=1S/C18H21N5O4S/c1-2-22-15-6-4-3-5-13(15)19-18(22)20-17(25)14-7-8-16(24)23(21-14)12-9-10-28(26,27)11-12/h3-6,12H,2,7-11H2,1H3,(H,19,20,25)/t12-/m0/s1. The van der Waals surface area contributed by atoms with Gasteiger partial charge in [-0.25, -0.2) is 18.4 Å². The molecule has 1 aromatic carbocycles. The zero-order chi connectivity index (χ0) is 19.9. The van der Waals surface area contributed by atoms with E-state index >= 15 is 0 Å². The molecule has 0 spiro atoms. The molecule has 2 aliphatic rings. The van der Waals surface area contributed by atoms with Crippen LogP contribution >= 0.6 is 0 Å². The number of aromatic nitrogens is 2. The predicted octanol–water partition coefficient (Wildman–Crippen LogP) is 1.16. The number of aryl methyl sites for hydroxylation is 1. The van der Waals surface area contributed by atoms with Crippen molar-refractivity contribution in [2.24, 2.45) is 5.10 Å². The number of anilines is 1. The van der Waals surface area contributed by atoms with Gasteiger partial charge >= 0.3 is 0 Å². The van der Waals surface area contributed by atoms with E-state index in [1.165, 1.54) is 5.01 Å². The number of nitrogens with zero attached hydrogens (tertiary/aromatic N) is 4.